The lowest BCUT2D eigenvalue weighted by molar-refractivity contribution is 0.0949. The van der Waals surface area contributed by atoms with Gasteiger partial charge in [0.25, 0.3) is 5.91 Å². The largest absolute Gasteiger partial charge is 0.351 e. The number of nitrogens with zero attached hydrogens (tertiary/aromatic N) is 1. The molecular formula is C14H17N3O2. The quantitative estimate of drug-likeness (QED) is 0.804. The maximum absolute atomic E-state index is 12.0. The van der Waals surface area contributed by atoms with E-state index in [4.69, 9.17) is 0 Å². The Balaban J connectivity index is 2.24. The summed E-state index contributed by atoms with van der Waals surface area (Å²) in [6.07, 6.45) is 3.11. The number of rotatable bonds is 5. The number of aromatic nitrogens is 2. The van der Waals surface area contributed by atoms with Crippen molar-refractivity contribution < 1.29 is 4.79 Å². The van der Waals surface area contributed by atoms with Gasteiger partial charge in [0, 0.05) is 11.9 Å². The van der Waals surface area contributed by atoms with Gasteiger partial charge in [-0.3, -0.25) is 4.79 Å². The van der Waals surface area contributed by atoms with Crippen LogP contribution in [0.1, 0.15) is 36.7 Å². The Kier molecular flexibility index (Phi) is 4.28. The summed E-state index contributed by atoms with van der Waals surface area (Å²) in [5.74, 6) is -0.293. The van der Waals surface area contributed by atoms with Crippen molar-refractivity contribution in [3.05, 3.63) is 40.4 Å². The van der Waals surface area contributed by atoms with Crippen molar-refractivity contribution in [1.82, 2.24) is 15.3 Å². The molecule has 1 amide bonds. The summed E-state index contributed by atoms with van der Waals surface area (Å²) in [5.41, 5.74) is 0.314. The third-order valence-electron chi connectivity index (χ3n) is 2.92. The van der Waals surface area contributed by atoms with Crippen LogP contribution in [0.2, 0.25) is 0 Å². The molecule has 0 saturated carbocycles. The average molecular weight is 259 g/mol. The van der Waals surface area contributed by atoms with Gasteiger partial charge in [-0.15, -0.1) is 0 Å². The fourth-order valence-electron chi connectivity index (χ4n) is 1.94. The summed E-state index contributed by atoms with van der Waals surface area (Å²) in [7, 11) is 0. The number of benzene rings is 1. The van der Waals surface area contributed by atoms with Gasteiger partial charge in [-0.1, -0.05) is 38.0 Å². The van der Waals surface area contributed by atoms with E-state index < -0.39 is 5.69 Å². The minimum atomic E-state index is -0.502. The highest BCUT2D eigenvalue weighted by Gasteiger charge is 2.12. The molecule has 0 aliphatic rings. The molecule has 0 fully saturated rings. The second kappa shape index (κ2) is 6.13. The van der Waals surface area contributed by atoms with E-state index in [2.05, 4.69) is 22.2 Å². The number of carbonyl (C=O) groups is 1. The van der Waals surface area contributed by atoms with Gasteiger partial charge in [-0.05, 0) is 12.5 Å². The van der Waals surface area contributed by atoms with Crippen LogP contribution in [-0.2, 0) is 0 Å². The van der Waals surface area contributed by atoms with E-state index in [0.29, 0.717) is 17.4 Å². The van der Waals surface area contributed by atoms with E-state index in [-0.39, 0.29) is 11.6 Å². The fourth-order valence-corrected chi connectivity index (χ4v) is 1.94. The Morgan fingerprint density at radius 3 is 2.89 bits per heavy atom. The molecule has 100 valence electrons. The smallest absolute Gasteiger partial charge is 0.346 e. The van der Waals surface area contributed by atoms with Gasteiger partial charge in [0.05, 0.1) is 5.52 Å². The Hall–Kier alpha value is -2.17. The summed E-state index contributed by atoms with van der Waals surface area (Å²) < 4.78 is 0. The fraction of sp³-hybridized carbons (Fsp3) is 0.357. The summed E-state index contributed by atoms with van der Waals surface area (Å²) in [6.45, 7) is 2.71. The molecule has 19 heavy (non-hydrogen) atoms. The molecule has 2 rings (SSSR count). The third kappa shape index (κ3) is 3.19. The van der Waals surface area contributed by atoms with Crippen LogP contribution in [0.3, 0.4) is 0 Å². The lowest BCUT2D eigenvalue weighted by Gasteiger charge is -2.06. The van der Waals surface area contributed by atoms with Gasteiger partial charge in [0.2, 0.25) is 0 Å². The standard InChI is InChI=1S/C14H17N3O2/c1-2-3-6-9-15-13(18)12-10-7-4-5-8-11(10)16-14(19)17-12/h4-5,7-8H,2-3,6,9H2,1H3,(H,15,18)(H,16,17,19). The number of H-pyrrole nitrogens is 1. The van der Waals surface area contributed by atoms with Crippen molar-refractivity contribution in [2.45, 2.75) is 26.2 Å². The molecule has 0 spiro atoms. The van der Waals surface area contributed by atoms with Gasteiger partial charge < -0.3 is 10.3 Å². The van der Waals surface area contributed by atoms with Gasteiger partial charge in [-0.2, -0.15) is 4.98 Å². The molecule has 5 nitrogen and oxygen atoms in total. The predicted molar refractivity (Wildman–Crippen MR) is 74.2 cm³/mol. The molecule has 0 unspecified atom stereocenters. The molecule has 0 aliphatic heterocycles. The van der Waals surface area contributed by atoms with Crippen LogP contribution < -0.4 is 11.0 Å². The normalized spacial score (nSPS) is 10.6. The van der Waals surface area contributed by atoms with Crippen LogP contribution >= 0.6 is 0 Å². The minimum Gasteiger partial charge on any atom is -0.351 e. The molecule has 0 saturated heterocycles. The first kappa shape index (κ1) is 13.3. The molecule has 0 aliphatic carbocycles. The van der Waals surface area contributed by atoms with Crippen LogP contribution in [0.25, 0.3) is 10.9 Å². The van der Waals surface area contributed by atoms with E-state index in [1.165, 1.54) is 0 Å². The molecule has 0 radical (unpaired) electrons. The first-order valence-electron chi connectivity index (χ1n) is 6.49. The van der Waals surface area contributed by atoms with Gasteiger partial charge in [-0.25, -0.2) is 4.79 Å². The number of nitrogens with one attached hydrogen (secondary N) is 2. The van der Waals surface area contributed by atoms with Crippen LogP contribution in [0.15, 0.2) is 29.1 Å². The van der Waals surface area contributed by atoms with Crippen molar-refractivity contribution >= 4 is 16.8 Å². The zero-order valence-electron chi connectivity index (χ0n) is 10.9. The average Bonchev–Trinajstić information content (AvgIpc) is 2.42. The first-order chi connectivity index (χ1) is 9.22. The van der Waals surface area contributed by atoms with E-state index in [9.17, 15) is 9.59 Å². The zero-order chi connectivity index (χ0) is 13.7. The van der Waals surface area contributed by atoms with Crippen molar-refractivity contribution in [3.8, 4) is 0 Å². The van der Waals surface area contributed by atoms with Crippen molar-refractivity contribution in [1.29, 1.82) is 0 Å². The molecule has 1 aromatic carbocycles. The van der Waals surface area contributed by atoms with Gasteiger partial charge in [0.1, 0.15) is 5.69 Å². The maximum Gasteiger partial charge on any atom is 0.346 e. The molecular weight excluding hydrogens is 242 g/mol. The molecule has 0 bridgehead atoms. The first-order valence-corrected chi connectivity index (χ1v) is 6.49. The molecule has 0 atom stereocenters. The monoisotopic (exact) mass is 259 g/mol. The van der Waals surface area contributed by atoms with Crippen LogP contribution in [0, 0.1) is 0 Å². The van der Waals surface area contributed by atoms with Crippen molar-refractivity contribution in [2.24, 2.45) is 0 Å². The molecule has 1 aromatic heterocycles. The Labute approximate surface area is 111 Å². The van der Waals surface area contributed by atoms with Crippen LogP contribution in [0.5, 0.6) is 0 Å². The minimum absolute atomic E-state index is 0.191. The van der Waals surface area contributed by atoms with Crippen molar-refractivity contribution in [2.75, 3.05) is 6.54 Å². The second-order valence-electron chi connectivity index (χ2n) is 4.40. The second-order valence-corrected chi connectivity index (χ2v) is 4.40. The molecule has 1 heterocycles. The van der Waals surface area contributed by atoms with E-state index >= 15 is 0 Å². The van der Waals surface area contributed by atoms with E-state index in [1.807, 2.05) is 6.07 Å². The number of amides is 1. The van der Waals surface area contributed by atoms with E-state index in [1.54, 1.807) is 18.2 Å². The Morgan fingerprint density at radius 1 is 1.32 bits per heavy atom. The lowest BCUT2D eigenvalue weighted by Crippen LogP contribution is -2.28. The zero-order valence-corrected chi connectivity index (χ0v) is 10.9. The number of aromatic amines is 1. The summed E-state index contributed by atoms with van der Waals surface area (Å²) in [4.78, 5) is 29.9. The Morgan fingerprint density at radius 2 is 2.11 bits per heavy atom. The molecule has 2 aromatic rings. The SMILES string of the molecule is CCCCCNC(=O)c1nc(=O)[nH]c2ccccc12. The van der Waals surface area contributed by atoms with Crippen LogP contribution in [-0.4, -0.2) is 22.4 Å². The molecule has 5 heteroatoms. The maximum atomic E-state index is 12.0. The molecule has 2 N–H and O–H groups in total. The number of unbranched alkanes of at least 4 members (excludes halogenated alkanes) is 2. The van der Waals surface area contributed by atoms with E-state index in [0.717, 1.165) is 19.3 Å². The van der Waals surface area contributed by atoms with Gasteiger partial charge in [0.15, 0.2) is 0 Å². The number of hydrogen-bond acceptors (Lipinski definition) is 3. The predicted octanol–water partition coefficient (Wildman–Crippen LogP) is 1.84. The number of para-hydroxylation sites is 1. The lowest BCUT2D eigenvalue weighted by atomic mass is 10.2. The van der Waals surface area contributed by atoms with Crippen LogP contribution in [0.4, 0.5) is 0 Å². The highest BCUT2D eigenvalue weighted by molar-refractivity contribution is 6.04. The summed E-state index contributed by atoms with van der Waals surface area (Å²) >= 11 is 0. The topological polar surface area (TPSA) is 74.8 Å². The number of hydrogen-bond donors (Lipinski definition) is 2. The summed E-state index contributed by atoms with van der Waals surface area (Å²) in [5, 5.41) is 3.46. The Bertz CT molecular complexity index is 634. The number of carbonyl (C=O) groups excluding carboxylic acids is 1. The highest BCUT2D eigenvalue weighted by atomic mass is 16.2. The number of fused-ring (bicyclic) bond motifs is 1. The summed E-state index contributed by atoms with van der Waals surface area (Å²) in [6, 6.07) is 7.16. The van der Waals surface area contributed by atoms with Crippen molar-refractivity contribution in [3.63, 3.8) is 0 Å². The highest BCUT2D eigenvalue weighted by Crippen LogP contribution is 2.12. The third-order valence-corrected chi connectivity index (χ3v) is 2.92. The van der Waals surface area contributed by atoms with Gasteiger partial charge >= 0.3 is 5.69 Å².